The van der Waals surface area contributed by atoms with Gasteiger partial charge in [-0.15, -0.1) is 11.3 Å². The van der Waals surface area contributed by atoms with Gasteiger partial charge in [0.15, 0.2) is 5.82 Å². The van der Waals surface area contributed by atoms with Gasteiger partial charge in [0.25, 0.3) is 0 Å². The van der Waals surface area contributed by atoms with Gasteiger partial charge in [-0.25, -0.2) is 14.4 Å². The third kappa shape index (κ3) is 2.45. The molecule has 2 aromatic heterocycles. The van der Waals surface area contributed by atoms with Crippen molar-refractivity contribution >= 4 is 22.4 Å². The molecule has 0 fully saturated rings. The molecule has 0 aliphatic carbocycles. The number of thiazole rings is 1. The number of rotatable bonds is 3. The number of nitrogens with two attached hydrogens (primary N) is 1. The van der Waals surface area contributed by atoms with Gasteiger partial charge in [0, 0.05) is 17.5 Å². The lowest BCUT2D eigenvalue weighted by Gasteiger charge is -2.11. The van der Waals surface area contributed by atoms with Crippen LogP contribution in [0.25, 0.3) is 22.6 Å². The maximum absolute atomic E-state index is 13.4. The van der Waals surface area contributed by atoms with Gasteiger partial charge in [-0.3, -0.25) is 0 Å². The van der Waals surface area contributed by atoms with Crippen molar-refractivity contribution in [2.75, 3.05) is 0 Å². The van der Waals surface area contributed by atoms with Crippen molar-refractivity contribution in [1.82, 2.24) is 14.5 Å². The Labute approximate surface area is 126 Å². The maximum Gasteiger partial charge on any atom is 0.160 e. The molecule has 1 aromatic carbocycles. The van der Waals surface area contributed by atoms with Crippen molar-refractivity contribution in [3.8, 4) is 11.5 Å². The fraction of sp³-hybridized carbons (Fsp3) is 0.333. The van der Waals surface area contributed by atoms with Gasteiger partial charge in [-0.1, -0.05) is 0 Å². The van der Waals surface area contributed by atoms with E-state index in [4.69, 9.17) is 5.73 Å². The molecule has 3 rings (SSSR count). The van der Waals surface area contributed by atoms with E-state index in [0.29, 0.717) is 5.52 Å². The number of nitrogens with zero attached hydrogens (tertiary/aromatic N) is 3. The van der Waals surface area contributed by atoms with Gasteiger partial charge in [-0.2, -0.15) is 0 Å². The van der Waals surface area contributed by atoms with Crippen molar-refractivity contribution < 1.29 is 4.39 Å². The van der Waals surface area contributed by atoms with Crippen LogP contribution >= 0.6 is 11.3 Å². The molecule has 1 atom stereocenters. The summed E-state index contributed by atoms with van der Waals surface area (Å²) in [5, 5.41) is 2.83. The first kappa shape index (κ1) is 14.2. The van der Waals surface area contributed by atoms with Gasteiger partial charge >= 0.3 is 0 Å². The van der Waals surface area contributed by atoms with Gasteiger partial charge in [0.05, 0.1) is 17.1 Å². The zero-order chi connectivity index (χ0) is 15.1. The third-order valence-corrected chi connectivity index (χ3v) is 4.35. The molecule has 1 unspecified atom stereocenters. The van der Waals surface area contributed by atoms with Crippen molar-refractivity contribution in [3.63, 3.8) is 0 Å². The predicted molar refractivity (Wildman–Crippen MR) is 83.8 cm³/mol. The summed E-state index contributed by atoms with van der Waals surface area (Å²) in [5.41, 5.74) is 8.22. The summed E-state index contributed by atoms with van der Waals surface area (Å²) in [6, 6.07) is 4.78. The van der Waals surface area contributed by atoms with E-state index in [1.807, 2.05) is 12.3 Å². The van der Waals surface area contributed by atoms with Crippen LogP contribution < -0.4 is 5.73 Å². The van der Waals surface area contributed by atoms with E-state index in [1.54, 1.807) is 6.07 Å². The molecule has 2 heterocycles. The number of halogens is 1. The Hall–Kier alpha value is -1.79. The van der Waals surface area contributed by atoms with Crippen LogP contribution in [-0.2, 0) is 0 Å². The monoisotopic (exact) mass is 304 g/mol. The van der Waals surface area contributed by atoms with Gasteiger partial charge < -0.3 is 10.3 Å². The zero-order valence-corrected chi connectivity index (χ0v) is 13.0. The van der Waals surface area contributed by atoms with E-state index < -0.39 is 0 Å². The molecule has 2 N–H and O–H groups in total. The van der Waals surface area contributed by atoms with Crippen LogP contribution in [0, 0.1) is 5.82 Å². The van der Waals surface area contributed by atoms with Crippen molar-refractivity contribution in [2.24, 2.45) is 5.73 Å². The Morgan fingerprint density at radius 1 is 1.24 bits per heavy atom. The van der Waals surface area contributed by atoms with Crippen LogP contribution in [0.1, 0.15) is 37.9 Å². The first-order chi connectivity index (χ1) is 9.97. The summed E-state index contributed by atoms with van der Waals surface area (Å²) in [7, 11) is 0. The fourth-order valence-electron chi connectivity index (χ4n) is 2.37. The number of hydrogen-bond acceptors (Lipinski definition) is 4. The standard InChI is InChI=1S/C15H17FN4S/c1-8(2)20-13-5-4-10(16)6-11(13)18-14(20)12-7-21-15(19-12)9(3)17/h4-9H,17H2,1-3H3. The molecule has 21 heavy (non-hydrogen) atoms. The van der Waals surface area contributed by atoms with E-state index in [2.05, 4.69) is 28.4 Å². The molecule has 110 valence electrons. The Morgan fingerprint density at radius 3 is 2.62 bits per heavy atom. The molecule has 0 bridgehead atoms. The van der Waals surface area contributed by atoms with Gasteiger partial charge in [0.2, 0.25) is 0 Å². The fourth-order valence-corrected chi connectivity index (χ4v) is 3.13. The quantitative estimate of drug-likeness (QED) is 0.798. The van der Waals surface area contributed by atoms with Crippen LogP contribution in [0.3, 0.4) is 0 Å². The van der Waals surface area contributed by atoms with Crippen LogP contribution in [0.4, 0.5) is 4.39 Å². The lowest BCUT2D eigenvalue weighted by molar-refractivity contribution is 0.619. The second kappa shape index (κ2) is 5.20. The first-order valence-electron chi connectivity index (χ1n) is 6.86. The van der Waals surface area contributed by atoms with E-state index >= 15 is 0 Å². The van der Waals surface area contributed by atoms with Gasteiger partial charge in [-0.05, 0) is 32.9 Å². The summed E-state index contributed by atoms with van der Waals surface area (Å²) in [6.07, 6.45) is 0. The Bertz CT molecular complexity index is 788. The minimum absolute atomic E-state index is 0.0990. The van der Waals surface area contributed by atoms with Crippen molar-refractivity contribution in [1.29, 1.82) is 0 Å². The summed E-state index contributed by atoms with van der Waals surface area (Å²) < 4.78 is 15.5. The number of hydrogen-bond donors (Lipinski definition) is 1. The Morgan fingerprint density at radius 2 is 2.00 bits per heavy atom. The normalized spacial score (nSPS) is 13.2. The van der Waals surface area contributed by atoms with Gasteiger partial charge in [0.1, 0.15) is 16.5 Å². The topological polar surface area (TPSA) is 56.7 Å². The second-order valence-electron chi connectivity index (χ2n) is 5.39. The van der Waals surface area contributed by atoms with E-state index in [0.717, 1.165) is 22.0 Å². The van der Waals surface area contributed by atoms with E-state index in [9.17, 15) is 4.39 Å². The van der Waals surface area contributed by atoms with E-state index in [-0.39, 0.29) is 17.9 Å². The van der Waals surface area contributed by atoms with Crippen LogP contribution in [0.5, 0.6) is 0 Å². The lowest BCUT2D eigenvalue weighted by Crippen LogP contribution is -2.05. The SMILES string of the molecule is CC(N)c1nc(-c2nc3cc(F)ccc3n2C(C)C)cs1. The molecule has 0 saturated heterocycles. The molecule has 0 saturated carbocycles. The largest absolute Gasteiger partial charge is 0.322 e. The number of aromatic nitrogens is 3. The van der Waals surface area contributed by atoms with Crippen LogP contribution in [-0.4, -0.2) is 14.5 Å². The highest BCUT2D eigenvalue weighted by Gasteiger charge is 2.18. The average molecular weight is 304 g/mol. The summed E-state index contributed by atoms with van der Waals surface area (Å²) >= 11 is 1.52. The Balaban J connectivity index is 2.22. The third-order valence-electron chi connectivity index (χ3n) is 3.31. The number of fused-ring (bicyclic) bond motifs is 1. The molecular weight excluding hydrogens is 287 g/mol. The predicted octanol–water partition coefficient (Wildman–Crippen LogP) is 3.90. The molecule has 0 spiro atoms. The molecule has 3 aromatic rings. The lowest BCUT2D eigenvalue weighted by atomic mass is 10.3. The highest BCUT2D eigenvalue weighted by atomic mass is 32.1. The zero-order valence-electron chi connectivity index (χ0n) is 12.2. The minimum atomic E-state index is -0.281. The molecule has 0 amide bonds. The van der Waals surface area contributed by atoms with Crippen LogP contribution in [0.2, 0.25) is 0 Å². The summed E-state index contributed by atoms with van der Waals surface area (Å²) in [6.45, 7) is 6.06. The molecule has 0 aliphatic rings. The van der Waals surface area contributed by atoms with E-state index in [1.165, 1.54) is 23.5 Å². The molecule has 0 aliphatic heterocycles. The highest BCUT2D eigenvalue weighted by Crippen LogP contribution is 2.30. The second-order valence-corrected chi connectivity index (χ2v) is 6.28. The Kier molecular flexibility index (Phi) is 3.51. The smallest absolute Gasteiger partial charge is 0.160 e. The van der Waals surface area contributed by atoms with Crippen molar-refractivity contribution in [3.05, 3.63) is 34.4 Å². The first-order valence-corrected chi connectivity index (χ1v) is 7.74. The highest BCUT2D eigenvalue weighted by molar-refractivity contribution is 7.10. The molecule has 4 nitrogen and oxygen atoms in total. The number of imidazole rings is 1. The molecule has 0 radical (unpaired) electrons. The average Bonchev–Trinajstić information content (AvgIpc) is 3.01. The number of benzene rings is 1. The molecule has 6 heteroatoms. The van der Waals surface area contributed by atoms with Crippen LogP contribution in [0.15, 0.2) is 23.6 Å². The minimum Gasteiger partial charge on any atom is -0.322 e. The van der Waals surface area contributed by atoms with Crippen molar-refractivity contribution in [2.45, 2.75) is 32.9 Å². The summed E-state index contributed by atoms with van der Waals surface area (Å²) in [4.78, 5) is 9.12. The maximum atomic E-state index is 13.4. The molecular formula is C15H17FN4S. The summed E-state index contributed by atoms with van der Waals surface area (Å²) in [5.74, 6) is 0.478.